The minimum Gasteiger partial charge on any atom is -0.483 e. The summed E-state index contributed by atoms with van der Waals surface area (Å²) in [5, 5.41) is 17.7. The highest BCUT2D eigenvalue weighted by molar-refractivity contribution is 8.00. The second-order valence-electron chi connectivity index (χ2n) is 1.65. The number of nitrogens with one attached hydrogen (secondary N) is 1. The van der Waals surface area contributed by atoms with Crippen molar-refractivity contribution in [3.63, 3.8) is 0 Å². The van der Waals surface area contributed by atoms with E-state index in [0.29, 0.717) is 0 Å². The van der Waals surface area contributed by atoms with Crippen LogP contribution in [0.25, 0.3) is 0 Å². The zero-order valence-corrected chi connectivity index (χ0v) is 6.50. The monoisotopic (exact) mass is 179 g/mol. The first-order valence-corrected chi connectivity index (χ1v) is 3.93. The van der Waals surface area contributed by atoms with Gasteiger partial charge in [-0.3, -0.25) is 10.1 Å². The second kappa shape index (κ2) is 5.99. The third-order valence-electron chi connectivity index (χ3n) is 0.941. The minimum absolute atomic E-state index is 0.250. The molecule has 1 fully saturated rings. The van der Waals surface area contributed by atoms with Crippen molar-refractivity contribution >= 4 is 24.2 Å². The first-order valence-electron chi connectivity index (χ1n) is 2.88. The van der Waals surface area contributed by atoms with E-state index in [2.05, 4.69) is 5.32 Å². The zero-order chi connectivity index (χ0) is 8.69. The van der Waals surface area contributed by atoms with Crippen LogP contribution in [-0.2, 0) is 9.59 Å². The normalized spacial score (nSPS) is 21.6. The fourth-order valence-corrected chi connectivity index (χ4v) is 1.43. The predicted molar refractivity (Wildman–Crippen MR) is 40.6 cm³/mol. The first-order chi connectivity index (χ1) is 5.22. The van der Waals surface area contributed by atoms with Crippen molar-refractivity contribution in [2.45, 2.75) is 5.37 Å². The number of rotatable bonds is 1. The van der Waals surface area contributed by atoms with Gasteiger partial charge >= 0.3 is 5.97 Å². The number of hydrogen-bond acceptors (Lipinski definition) is 4. The highest BCUT2D eigenvalue weighted by Crippen LogP contribution is 2.12. The molecule has 11 heavy (non-hydrogen) atoms. The van der Waals surface area contributed by atoms with Crippen molar-refractivity contribution in [3.05, 3.63) is 0 Å². The molecule has 1 rings (SSSR count). The van der Waals surface area contributed by atoms with Gasteiger partial charge < -0.3 is 10.2 Å². The quantitative estimate of drug-likeness (QED) is 0.467. The van der Waals surface area contributed by atoms with Crippen LogP contribution in [0.3, 0.4) is 0 Å². The smallest absolute Gasteiger partial charge is 0.331 e. The van der Waals surface area contributed by atoms with E-state index in [-0.39, 0.29) is 11.8 Å². The second-order valence-corrected chi connectivity index (χ2v) is 2.86. The molecule has 1 atom stereocenters. The third kappa shape index (κ3) is 4.63. The molecule has 1 heterocycles. The van der Waals surface area contributed by atoms with Gasteiger partial charge in [-0.05, 0) is 0 Å². The average molecular weight is 179 g/mol. The Kier molecular flexibility index (Phi) is 5.58. The van der Waals surface area contributed by atoms with Crippen LogP contribution in [0.2, 0.25) is 0 Å². The molecule has 0 spiro atoms. The van der Waals surface area contributed by atoms with Gasteiger partial charge in [0.1, 0.15) is 0 Å². The van der Waals surface area contributed by atoms with Gasteiger partial charge in [0, 0.05) is 12.3 Å². The van der Waals surface area contributed by atoms with E-state index < -0.39 is 5.97 Å². The van der Waals surface area contributed by atoms with E-state index in [1.54, 1.807) is 0 Å². The van der Waals surface area contributed by atoms with Crippen molar-refractivity contribution in [2.24, 2.45) is 0 Å². The highest BCUT2D eigenvalue weighted by atomic mass is 32.2. The fourth-order valence-electron chi connectivity index (χ4n) is 0.584. The van der Waals surface area contributed by atoms with E-state index in [1.165, 1.54) is 11.8 Å². The lowest BCUT2D eigenvalue weighted by molar-refractivity contribution is -0.136. The van der Waals surface area contributed by atoms with Crippen LogP contribution in [0.4, 0.5) is 0 Å². The minimum atomic E-state index is -0.757. The van der Waals surface area contributed by atoms with Crippen LogP contribution in [0.5, 0.6) is 0 Å². The Morgan fingerprint density at radius 3 is 2.45 bits per heavy atom. The Hall–Kier alpha value is -0.750. The van der Waals surface area contributed by atoms with Crippen LogP contribution < -0.4 is 5.32 Å². The van der Waals surface area contributed by atoms with Gasteiger partial charge in [-0.1, -0.05) is 0 Å². The van der Waals surface area contributed by atoms with Crippen LogP contribution in [0, 0.1) is 0 Å². The molecule has 0 aromatic heterocycles. The average Bonchev–Trinajstić information content (AvgIpc) is 2.38. The molecule has 1 unspecified atom stereocenters. The van der Waals surface area contributed by atoms with Crippen molar-refractivity contribution in [3.8, 4) is 0 Å². The van der Waals surface area contributed by atoms with Crippen molar-refractivity contribution < 1.29 is 19.8 Å². The third-order valence-corrected chi connectivity index (χ3v) is 2.08. The summed E-state index contributed by atoms with van der Waals surface area (Å²) in [6.07, 6.45) is 0. The molecule has 0 saturated carbocycles. The first kappa shape index (κ1) is 10.2. The summed E-state index contributed by atoms with van der Waals surface area (Å²) in [4.78, 5) is 18.5. The molecule has 0 aromatic rings. The molecule has 0 aromatic carbocycles. The lowest BCUT2D eigenvalue weighted by Gasteiger charge is -1.98. The summed E-state index contributed by atoms with van der Waals surface area (Å²) < 4.78 is 0. The van der Waals surface area contributed by atoms with Crippen LogP contribution in [0.1, 0.15) is 0 Å². The molecule has 0 bridgehead atoms. The zero-order valence-electron chi connectivity index (χ0n) is 5.69. The van der Waals surface area contributed by atoms with Crippen molar-refractivity contribution in [1.29, 1.82) is 0 Å². The number of carboxylic acids is 1. The molecule has 0 radical (unpaired) electrons. The summed E-state index contributed by atoms with van der Waals surface area (Å²) in [6.45, 7) is 0.571. The number of aliphatic carboxylic acids is 1. The maximum Gasteiger partial charge on any atom is 0.331 e. The topological polar surface area (TPSA) is 86.6 Å². The highest BCUT2D eigenvalue weighted by Gasteiger charge is 2.20. The van der Waals surface area contributed by atoms with Gasteiger partial charge in [0.25, 0.3) is 6.47 Å². The molecule has 64 valence electrons. The molecular formula is C5H9NO4S. The maximum absolute atomic E-state index is 10.1. The molecule has 0 amide bonds. The van der Waals surface area contributed by atoms with E-state index >= 15 is 0 Å². The summed E-state index contributed by atoms with van der Waals surface area (Å²) in [5.74, 6) is 0.157. The molecule has 1 saturated heterocycles. The van der Waals surface area contributed by atoms with Gasteiger partial charge in [-0.2, -0.15) is 0 Å². The Bertz CT molecular complexity index is 134. The predicted octanol–water partition coefficient (Wildman–Crippen LogP) is -0.566. The number of thioether (sulfide) groups is 1. The van der Waals surface area contributed by atoms with Crippen LogP contribution >= 0.6 is 11.8 Å². The molecule has 1 aliphatic rings. The SMILES string of the molecule is O=C(O)C1NCCS1.O=CO. The Labute approximate surface area is 67.8 Å². The summed E-state index contributed by atoms with van der Waals surface area (Å²) in [7, 11) is 0. The van der Waals surface area contributed by atoms with Crippen LogP contribution in [0.15, 0.2) is 0 Å². The number of hydrogen-bond donors (Lipinski definition) is 3. The number of carboxylic acid groups (broad SMARTS) is 2. The molecular weight excluding hydrogens is 170 g/mol. The largest absolute Gasteiger partial charge is 0.483 e. The maximum atomic E-state index is 10.1. The summed E-state index contributed by atoms with van der Waals surface area (Å²) in [6, 6.07) is 0. The van der Waals surface area contributed by atoms with Crippen molar-refractivity contribution in [2.75, 3.05) is 12.3 Å². The lowest BCUT2D eigenvalue weighted by Crippen LogP contribution is -2.27. The van der Waals surface area contributed by atoms with Gasteiger partial charge in [0.15, 0.2) is 5.37 Å². The molecule has 1 aliphatic heterocycles. The van der Waals surface area contributed by atoms with Gasteiger partial charge in [0.05, 0.1) is 0 Å². The standard InChI is InChI=1S/C4H7NO2S.CH2O2/c6-4(7)3-5-1-2-8-3;2-1-3/h3,5H,1-2H2,(H,6,7);1H,(H,2,3). The van der Waals surface area contributed by atoms with Gasteiger partial charge in [-0.15, -0.1) is 11.8 Å². The fraction of sp³-hybridized carbons (Fsp3) is 0.600. The lowest BCUT2D eigenvalue weighted by atomic mass is 10.6. The van der Waals surface area contributed by atoms with Gasteiger partial charge in [0.2, 0.25) is 0 Å². The Morgan fingerprint density at radius 2 is 2.27 bits per heavy atom. The Balaban J connectivity index is 0.000000292. The number of carbonyl (C=O) groups is 2. The Morgan fingerprint density at radius 1 is 1.73 bits per heavy atom. The van der Waals surface area contributed by atoms with E-state index in [4.69, 9.17) is 15.0 Å². The summed E-state index contributed by atoms with van der Waals surface area (Å²) >= 11 is 1.44. The molecule has 0 aliphatic carbocycles. The molecule has 3 N–H and O–H groups in total. The van der Waals surface area contributed by atoms with Crippen LogP contribution in [-0.4, -0.2) is 40.3 Å². The van der Waals surface area contributed by atoms with E-state index in [0.717, 1.165) is 12.3 Å². The summed E-state index contributed by atoms with van der Waals surface area (Å²) in [5.41, 5.74) is 0. The van der Waals surface area contributed by atoms with Gasteiger partial charge in [-0.25, -0.2) is 4.79 Å². The van der Waals surface area contributed by atoms with Crippen molar-refractivity contribution in [1.82, 2.24) is 5.32 Å². The van der Waals surface area contributed by atoms with E-state index in [9.17, 15) is 4.79 Å². The molecule has 6 heteroatoms. The van der Waals surface area contributed by atoms with E-state index in [1.807, 2.05) is 0 Å². The molecule has 5 nitrogen and oxygen atoms in total.